The summed E-state index contributed by atoms with van der Waals surface area (Å²) in [7, 11) is -3.91. The van der Waals surface area contributed by atoms with Crippen LogP contribution in [0, 0.1) is 0 Å². The van der Waals surface area contributed by atoms with E-state index in [0.717, 1.165) is 0 Å². The molecular formula is C4H11ClNO4P. The first-order chi connectivity index (χ1) is 5.12. The van der Waals surface area contributed by atoms with E-state index in [-0.39, 0.29) is 12.7 Å². The van der Waals surface area contributed by atoms with E-state index in [0.29, 0.717) is 13.0 Å². The monoisotopic (exact) mass is 203 g/mol. The van der Waals surface area contributed by atoms with Crippen LogP contribution in [0.1, 0.15) is 6.42 Å². The lowest BCUT2D eigenvalue weighted by Crippen LogP contribution is -2.04. The molecule has 0 amide bonds. The van der Waals surface area contributed by atoms with Gasteiger partial charge in [0.1, 0.15) is 6.07 Å². The number of halogens is 1. The van der Waals surface area contributed by atoms with Gasteiger partial charge in [-0.05, 0) is 13.0 Å². The molecule has 1 unspecified atom stereocenters. The molecule has 11 heavy (non-hydrogen) atoms. The van der Waals surface area contributed by atoms with Crippen LogP contribution in [-0.2, 0) is 13.6 Å². The van der Waals surface area contributed by atoms with Gasteiger partial charge in [-0.1, -0.05) is 11.6 Å². The minimum atomic E-state index is -3.91. The minimum Gasteiger partial charge on any atom is -0.330 e. The van der Waals surface area contributed by atoms with Gasteiger partial charge in [0.25, 0.3) is 0 Å². The fourth-order valence-corrected chi connectivity index (χ4v) is 1.29. The predicted molar refractivity (Wildman–Crippen MR) is 41.3 cm³/mol. The molecule has 0 rings (SSSR count). The van der Waals surface area contributed by atoms with E-state index in [1.54, 1.807) is 0 Å². The minimum absolute atomic E-state index is 0.0984. The Labute approximate surface area is 70.0 Å². The van der Waals surface area contributed by atoms with Crippen molar-refractivity contribution in [2.45, 2.75) is 6.42 Å². The first-order valence-corrected chi connectivity index (χ1v) is 5.03. The van der Waals surface area contributed by atoms with Crippen molar-refractivity contribution in [3.63, 3.8) is 0 Å². The van der Waals surface area contributed by atoms with Crippen molar-refractivity contribution in [3.05, 3.63) is 0 Å². The molecule has 0 aromatic carbocycles. The Morgan fingerprint density at radius 1 is 1.55 bits per heavy atom. The summed E-state index contributed by atoms with van der Waals surface area (Å²) < 4.78 is 19.3. The maximum atomic E-state index is 10.7. The zero-order valence-corrected chi connectivity index (χ0v) is 7.55. The second-order valence-corrected chi connectivity index (χ2v) is 3.35. The highest BCUT2D eigenvalue weighted by molar-refractivity contribution is 7.47. The van der Waals surface area contributed by atoms with E-state index in [2.05, 4.69) is 9.05 Å². The van der Waals surface area contributed by atoms with E-state index in [9.17, 15) is 4.57 Å². The molecular weight excluding hydrogens is 192 g/mol. The molecule has 0 saturated carbocycles. The number of alkyl halides is 1. The fourth-order valence-electron chi connectivity index (χ4n) is 0.362. The summed E-state index contributed by atoms with van der Waals surface area (Å²) in [5.74, 6) is 0. The van der Waals surface area contributed by atoms with Crippen molar-refractivity contribution >= 4 is 19.4 Å². The third-order valence-electron chi connectivity index (χ3n) is 0.815. The zero-order chi connectivity index (χ0) is 8.74. The van der Waals surface area contributed by atoms with Crippen LogP contribution >= 0.6 is 19.4 Å². The first-order valence-electron chi connectivity index (χ1n) is 3.00. The van der Waals surface area contributed by atoms with Crippen molar-refractivity contribution in [2.24, 2.45) is 5.73 Å². The van der Waals surface area contributed by atoms with Gasteiger partial charge in [-0.15, -0.1) is 0 Å². The number of rotatable bonds is 6. The molecule has 68 valence electrons. The van der Waals surface area contributed by atoms with Gasteiger partial charge in [0.15, 0.2) is 0 Å². The van der Waals surface area contributed by atoms with Crippen LogP contribution < -0.4 is 5.73 Å². The van der Waals surface area contributed by atoms with Crippen molar-refractivity contribution < 1.29 is 18.5 Å². The second-order valence-electron chi connectivity index (χ2n) is 1.68. The van der Waals surface area contributed by atoms with Gasteiger partial charge in [0.05, 0.1) is 6.61 Å². The number of nitrogens with two attached hydrogens (primary N) is 1. The Morgan fingerprint density at radius 3 is 2.64 bits per heavy atom. The summed E-state index contributed by atoms with van der Waals surface area (Å²) in [5.41, 5.74) is 5.11. The molecule has 0 fully saturated rings. The van der Waals surface area contributed by atoms with Crippen LogP contribution in [0.2, 0.25) is 0 Å². The molecule has 1 atom stereocenters. The van der Waals surface area contributed by atoms with E-state index in [4.69, 9.17) is 22.2 Å². The molecule has 0 radical (unpaired) electrons. The van der Waals surface area contributed by atoms with Gasteiger partial charge >= 0.3 is 7.82 Å². The van der Waals surface area contributed by atoms with Gasteiger partial charge in [-0.2, -0.15) is 0 Å². The van der Waals surface area contributed by atoms with Gasteiger partial charge in [-0.25, -0.2) is 4.57 Å². The van der Waals surface area contributed by atoms with Gasteiger partial charge in [0.2, 0.25) is 0 Å². The summed E-state index contributed by atoms with van der Waals surface area (Å²) in [6.07, 6.45) is 0.510. The normalized spacial score (nSPS) is 16.3. The smallest absolute Gasteiger partial charge is 0.330 e. The average Bonchev–Trinajstić information content (AvgIpc) is 1.87. The number of phosphoric acid groups is 1. The van der Waals surface area contributed by atoms with E-state index >= 15 is 0 Å². The number of phosphoric ester groups is 1. The maximum absolute atomic E-state index is 10.7. The van der Waals surface area contributed by atoms with E-state index < -0.39 is 7.82 Å². The third kappa shape index (κ3) is 6.75. The standard InChI is InChI=1S/C4H11ClNO4P/c5-4-10-11(7,8)9-3-1-2-6/h1-4,6H2,(H,7,8). The van der Waals surface area contributed by atoms with Crippen molar-refractivity contribution in [1.82, 2.24) is 0 Å². The van der Waals surface area contributed by atoms with E-state index in [1.165, 1.54) is 0 Å². The highest BCUT2D eigenvalue weighted by Gasteiger charge is 2.19. The molecule has 3 N–H and O–H groups in total. The Morgan fingerprint density at radius 2 is 2.18 bits per heavy atom. The highest BCUT2D eigenvalue weighted by Crippen LogP contribution is 2.43. The van der Waals surface area contributed by atoms with E-state index in [1.807, 2.05) is 0 Å². The first kappa shape index (κ1) is 11.4. The molecule has 0 spiro atoms. The summed E-state index contributed by atoms with van der Waals surface area (Å²) in [6.45, 7) is 0.502. The molecule has 0 heterocycles. The molecule has 0 bridgehead atoms. The molecule has 0 saturated heterocycles. The Kier molecular flexibility index (Phi) is 6.14. The molecule has 0 aliphatic carbocycles. The lowest BCUT2D eigenvalue weighted by Gasteiger charge is -2.08. The molecule has 0 aromatic heterocycles. The fraction of sp³-hybridized carbons (Fsp3) is 1.00. The SMILES string of the molecule is NCCCOP(=O)(O)OCCl. The topological polar surface area (TPSA) is 81.8 Å². The maximum Gasteiger partial charge on any atom is 0.473 e. The number of hydrogen-bond donors (Lipinski definition) is 2. The zero-order valence-electron chi connectivity index (χ0n) is 5.90. The van der Waals surface area contributed by atoms with Crippen LogP contribution in [0.15, 0.2) is 0 Å². The summed E-state index contributed by atoms with van der Waals surface area (Å²) >= 11 is 5.04. The Balaban J connectivity index is 3.47. The van der Waals surface area contributed by atoms with Crippen LogP contribution in [0.3, 0.4) is 0 Å². The summed E-state index contributed by atoms with van der Waals surface area (Å²) in [6, 6.07) is -0.365. The predicted octanol–water partition coefficient (Wildman–Crippen LogP) is 0.665. The van der Waals surface area contributed by atoms with Crippen molar-refractivity contribution in [1.29, 1.82) is 0 Å². The number of hydrogen-bond acceptors (Lipinski definition) is 4. The van der Waals surface area contributed by atoms with Crippen LogP contribution in [0.5, 0.6) is 0 Å². The van der Waals surface area contributed by atoms with Gasteiger partial charge in [-0.3, -0.25) is 9.05 Å². The largest absolute Gasteiger partial charge is 0.473 e. The van der Waals surface area contributed by atoms with Crippen LogP contribution in [0.25, 0.3) is 0 Å². The Hall–Kier alpha value is 0.360. The molecule has 0 aromatic rings. The van der Waals surface area contributed by atoms with Crippen molar-refractivity contribution in [3.8, 4) is 0 Å². The average molecular weight is 204 g/mol. The summed E-state index contributed by atoms with van der Waals surface area (Å²) in [4.78, 5) is 8.73. The molecule has 0 aliphatic heterocycles. The second kappa shape index (κ2) is 5.94. The van der Waals surface area contributed by atoms with Crippen LogP contribution in [0.4, 0.5) is 0 Å². The molecule has 0 aliphatic rings. The van der Waals surface area contributed by atoms with Crippen LogP contribution in [-0.4, -0.2) is 24.1 Å². The Bertz CT molecular complexity index is 144. The molecule has 7 heteroatoms. The lowest BCUT2D eigenvalue weighted by atomic mass is 10.5. The highest BCUT2D eigenvalue weighted by atomic mass is 35.5. The van der Waals surface area contributed by atoms with Gasteiger partial charge in [0, 0.05) is 0 Å². The van der Waals surface area contributed by atoms with Gasteiger partial charge < -0.3 is 10.6 Å². The van der Waals surface area contributed by atoms with Crippen molar-refractivity contribution in [2.75, 3.05) is 19.2 Å². The molecule has 5 nitrogen and oxygen atoms in total. The quantitative estimate of drug-likeness (QED) is 0.377. The summed E-state index contributed by atoms with van der Waals surface area (Å²) in [5, 5.41) is 0. The third-order valence-corrected chi connectivity index (χ3v) is 2.04. The lowest BCUT2D eigenvalue weighted by molar-refractivity contribution is 0.166.